The van der Waals surface area contributed by atoms with Gasteiger partial charge in [-0.05, 0) is 36.9 Å². The number of rotatable bonds is 4. The van der Waals surface area contributed by atoms with E-state index in [2.05, 4.69) is 31.3 Å². The van der Waals surface area contributed by atoms with Crippen LogP contribution >= 0.6 is 11.8 Å². The first-order valence-corrected chi connectivity index (χ1v) is 7.52. The van der Waals surface area contributed by atoms with Crippen molar-refractivity contribution in [3.8, 4) is 0 Å². The molecule has 3 N–H and O–H groups in total. The predicted molar refractivity (Wildman–Crippen MR) is 87.9 cm³/mol. The molecule has 0 atom stereocenters. The molecule has 2 aromatic rings. The maximum atomic E-state index is 5.69. The number of nitrogens with one attached hydrogen (secondary N) is 1. The van der Waals surface area contributed by atoms with Crippen LogP contribution < -0.4 is 11.1 Å². The Morgan fingerprint density at radius 1 is 0.947 bits per heavy atom. The summed E-state index contributed by atoms with van der Waals surface area (Å²) in [5.74, 6) is 1.08. The zero-order chi connectivity index (χ0) is 13.9. The Morgan fingerprint density at radius 2 is 1.58 bits per heavy atom. The van der Waals surface area contributed by atoms with E-state index < -0.39 is 0 Å². The Balaban J connectivity index is 0.000000191. The lowest BCUT2D eigenvalue weighted by Crippen LogP contribution is -1.94. The third kappa shape index (κ3) is 6.20. The molecular formula is C16H22N2S. The first kappa shape index (κ1) is 15.4. The fourth-order valence-corrected chi connectivity index (χ4v) is 2.25. The fourth-order valence-electron chi connectivity index (χ4n) is 1.53. The molecular weight excluding hydrogens is 252 g/mol. The van der Waals surface area contributed by atoms with Gasteiger partial charge in [0.25, 0.3) is 0 Å². The smallest absolute Gasteiger partial charge is 0.0452 e. The van der Waals surface area contributed by atoms with Gasteiger partial charge in [-0.3, -0.25) is 0 Å². The number of hydrogen-bond acceptors (Lipinski definition) is 3. The molecule has 0 aliphatic heterocycles. The Bertz CT molecular complexity index is 457. The van der Waals surface area contributed by atoms with Gasteiger partial charge in [0.05, 0.1) is 0 Å². The minimum atomic E-state index is 0.884. The molecule has 0 saturated carbocycles. The summed E-state index contributed by atoms with van der Waals surface area (Å²) in [6.45, 7) is 5.20. The van der Waals surface area contributed by atoms with Crippen molar-refractivity contribution in [1.82, 2.24) is 0 Å². The summed E-state index contributed by atoms with van der Waals surface area (Å²) in [4.78, 5) is 1.19. The molecule has 2 rings (SSSR count). The van der Waals surface area contributed by atoms with Crippen LogP contribution in [0.4, 0.5) is 11.4 Å². The maximum absolute atomic E-state index is 5.69. The largest absolute Gasteiger partial charge is 0.398 e. The summed E-state index contributed by atoms with van der Waals surface area (Å²) in [5.41, 5.74) is 7.76. The van der Waals surface area contributed by atoms with Crippen molar-refractivity contribution in [3.05, 3.63) is 54.6 Å². The van der Waals surface area contributed by atoms with Crippen molar-refractivity contribution in [2.75, 3.05) is 23.3 Å². The first-order chi connectivity index (χ1) is 9.27. The second-order valence-corrected chi connectivity index (χ2v) is 5.17. The zero-order valence-corrected chi connectivity index (χ0v) is 12.4. The van der Waals surface area contributed by atoms with Crippen LogP contribution in [-0.2, 0) is 0 Å². The number of benzene rings is 2. The van der Waals surface area contributed by atoms with Gasteiger partial charge in [0.1, 0.15) is 0 Å². The number of hydrogen-bond donors (Lipinski definition) is 2. The second-order valence-electron chi connectivity index (χ2n) is 3.87. The molecule has 0 amide bonds. The van der Waals surface area contributed by atoms with E-state index in [1.165, 1.54) is 10.6 Å². The molecule has 2 nitrogen and oxygen atoms in total. The highest BCUT2D eigenvalue weighted by Crippen LogP contribution is 2.23. The average molecular weight is 274 g/mol. The maximum Gasteiger partial charge on any atom is 0.0452 e. The zero-order valence-electron chi connectivity index (χ0n) is 11.6. The van der Waals surface area contributed by atoms with Crippen molar-refractivity contribution >= 4 is 23.1 Å². The van der Waals surface area contributed by atoms with Crippen LogP contribution in [0.2, 0.25) is 0 Å². The lowest BCUT2D eigenvalue weighted by atomic mass is 10.3. The molecule has 0 aliphatic carbocycles. The van der Waals surface area contributed by atoms with Gasteiger partial charge in [-0.15, -0.1) is 11.8 Å². The van der Waals surface area contributed by atoms with Gasteiger partial charge in [-0.25, -0.2) is 0 Å². The van der Waals surface area contributed by atoms with Gasteiger partial charge in [-0.2, -0.15) is 0 Å². The summed E-state index contributed by atoms with van der Waals surface area (Å²) in [6, 6.07) is 18.1. The van der Waals surface area contributed by atoms with Gasteiger partial charge >= 0.3 is 0 Å². The topological polar surface area (TPSA) is 38.0 Å². The summed E-state index contributed by atoms with van der Waals surface area (Å²) in [7, 11) is 0. The Labute approximate surface area is 120 Å². The summed E-state index contributed by atoms with van der Waals surface area (Å²) in [5, 5.41) is 3.21. The van der Waals surface area contributed by atoms with Crippen molar-refractivity contribution in [3.63, 3.8) is 0 Å². The summed E-state index contributed by atoms with van der Waals surface area (Å²) < 4.78 is 0. The van der Waals surface area contributed by atoms with Gasteiger partial charge < -0.3 is 11.1 Å². The molecule has 3 heteroatoms. The SMILES string of the molecule is CCNc1ccccc1.CCSc1ccccc1N. The first-order valence-electron chi connectivity index (χ1n) is 6.54. The van der Waals surface area contributed by atoms with Crippen molar-refractivity contribution < 1.29 is 0 Å². The lowest BCUT2D eigenvalue weighted by Gasteiger charge is -2.00. The van der Waals surface area contributed by atoms with Gasteiger partial charge in [0.15, 0.2) is 0 Å². The highest BCUT2D eigenvalue weighted by Gasteiger charge is 1.93. The molecule has 0 unspecified atom stereocenters. The second kappa shape index (κ2) is 9.34. The average Bonchev–Trinajstić information content (AvgIpc) is 2.44. The van der Waals surface area contributed by atoms with Gasteiger partial charge in [0, 0.05) is 22.8 Å². The Hall–Kier alpha value is -1.61. The summed E-state index contributed by atoms with van der Waals surface area (Å²) >= 11 is 1.78. The van der Waals surface area contributed by atoms with Crippen LogP contribution in [-0.4, -0.2) is 12.3 Å². The van der Waals surface area contributed by atoms with E-state index in [0.717, 1.165) is 18.0 Å². The Morgan fingerprint density at radius 3 is 2.16 bits per heavy atom. The predicted octanol–water partition coefficient (Wildman–Crippen LogP) is 4.50. The van der Waals surface area contributed by atoms with Gasteiger partial charge in [-0.1, -0.05) is 37.3 Å². The molecule has 102 valence electrons. The van der Waals surface area contributed by atoms with Crippen LogP contribution in [0.15, 0.2) is 59.5 Å². The number of anilines is 2. The van der Waals surface area contributed by atoms with Crippen LogP contribution in [0.1, 0.15) is 13.8 Å². The molecule has 0 fully saturated rings. The molecule has 0 aliphatic rings. The fraction of sp³-hybridized carbons (Fsp3) is 0.250. The summed E-state index contributed by atoms with van der Waals surface area (Å²) in [6.07, 6.45) is 0. The van der Waals surface area contributed by atoms with Crippen molar-refractivity contribution in [1.29, 1.82) is 0 Å². The van der Waals surface area contributed by atoms with E-state index in [1.807, 2.05) is 42.5 Å². The monoisotopic (exact) mass is 274 g/mol. The lowest BCUT2D eigenvalue weighted by molar-refractivity contribution is 1.21. The number of nitrogens with two attached hydrogens (primary N) is 1. The molecule has 0 radical (unpaired) electrons. The molecule has 19 heavy (non-hydrogen) atoms. The minimum Gasteiger partial charge on any atom is -0.398 e. The van der Waals surface area contributed by atoms with E-state index in [4.69, 9.17) is 5.73 Å². The minimum absolute atomic E-state index is 0.884. The van der Waals surface area contributed by atoms with E-state index in [0.29, 0.717) is 0 Å². The van der Waals surface area contributed by atoms with E-state index in [-0.39, 0.29) is 0 Å². The number of para-hydroxylation sites is 2. The standard InChI is InChI=1S/C8H11NS.C8H11N/c1-2-10-8-6-4-3-5-7(8)9;1-2-9-8-6-4-3-5-7-8/h3-6H,2,9H2,1H3;3-7,9H,2H2,1H3. The van der Waals surface area contributed by atoms with Crippen molar-refractivity contribution in [2.45, 2.75) is 18.7 Å². The van der Waals surface area contributed by atoms with Crippen molar-refractivity contribution in [2.24, 2.45) is 0 Å². The number of nitrogen functional groups attached to an aromatic ring is 1. The molecule has 0 spiro atoms. The quantitative estimate of drug-likeness (QED) is 0.637. The van der Waals surface area contributed by atoms with E-state index >= 15 is 0 Å². The van der Waals surface area contributed by atoms with Gasteiger partial charge in [0.2, 0.25) is 0 Å². The number of thioether (sulfide) groups is 1. The Kier molecular flexibility index (Phi) is 7.59. The molecule has 0 bridgehead atoms. The molecule has 2 aromatic carbocycles. The molecule has 0 aromatic heterocycles. The highest BCUT2D eigenvalue weighted by molar-refractivity contribution is 7.99. The third-order valence-corrected chi connectivity index (χ3v) is 3.35. The highest BCUT2D eigenvalue weighted by atomic mass is 32.2. The van der Waals surface area contributed by atoms with E-state index in [9.17, 15) is 0 Å². The normalized spacial score (nSPS) is 9.37. The third-order valence-electron chi connectivity index (χ3n) is 2.37. The van der Waals surface area contributed by atoms with Crippen LogP contribution in [0, 0.1) is 0 Å². The van der Waals surface area contributed by atoms with E-state index in [1.54, 1.807) is 11.8 Å². The van der Waals surface area contributed by atoms with Crippen LogP contribution in [0.25, 0.3) is 0 Å². The molecule has 0 saturated heterocycles. The molecule has 0 heterocycles. The van der Waals surface area contributed by atoms with Crippen LogP contribution in [0.5, 0.6) is 0 Å². The van der Waals surface area contributed by atoms with Crippen LogP contribution in [0.3, 0.4) is 0 Å².